The summed E-state index contributed by atoms with van der Waals surface area (Å²) in [5.41, 5.74) is 2.04. The van der Waals surface area contributed by atoms with Crippen LogP contribution in [-0.4, -0.2) is 34.6 Å². The van der Waals surface area contributed by atoms with Gasteiger partial charge in [0.05, 0.1) is 6.54 Å². The van der Waals surface area contributed by atoms with Gasteiger partial charge in [0.15, 0.2) is 0 Å². The number of piperidine rings is 1. The Morgan fingerprint density at radius 3 is 2.90 bits per heavy atom. The Hall–Kier alpha value is -2.97. The molecule has 1 aromatic carbocycles. The lowest BCUT2D eigenvalue weighted by molar-refractivity contribution is -0.136. The number of rotatable bonds is 5. The number of halogens is 2. The number of hydrogen-bond acceptors (Lipinski definition) is 4. The normalized spacial score (nSPS) is 18.8. The average molecular weight is 418 g/mol. The highest BCUT2D eigenvalue weighted by Crippen LogP contribution is 2.24. The Morgan fingerprint density at radius 2 is 2.07 bits per heavy atom. The molecule has 4 rings (SSSR count). The van der Waals surface area contributed by atoms with Gasteiger partial charge >= 0.3 is 6.03 Å². The van der Waals surface area contributed by atoms with Crippen LogP contribution in [0.25, 0.3) is 0 Å². The van der Waals surface area contributed by atoms with Crippen LogP contribution in [0.4, 0.5) is 13.6 Å². The second-order valence-electron chi connectivity index (χ2n) is 7.76. The van der Waals surface area contributed by atoms with E-state index in [-0.39, 0.29) is 24.6 Å². The minimum Gasteiger partial charge on any atom is -0.361 e. The first-order valence-corrected chi connectivity index (χ1v) is 10.2. The van der Waals surface area contributed by atoms with Gasteiger partial charge in [0.2, 0.25) is 5.91 Å². The molecule has 1 aromatic heterocycles. The van der Waals surface area contributed by atoms with E-state index in [1.54, 1.807) is 0 Å². The van der Waals surface area contributed by atoms with E-state index in [0.717, 1.165) is 48.8 Å². The summed E-state index contributed by atoms with van der Waals surface area (Å²) in [4.78, 5) is 26.5. The Balaban J connectivity index is 1.32. The van der Waals surface area contributed by atoms with Crippen LogP contribution in [0.3, 0.4) is 0 Å². The maximum atomic E-state index is 13.9. The van der Waals surface area contributed by atoms with E-state index in [9.17, 15) is 18.4 Å². The van der Waals surface area contributed by atoms with Crippen LogP contribution in [0.15, 0.2) is 22.7 Å². The number of carbonyl (C=O) groups excluding carboxylic acids is 2. The van der Waals surface area contributed by atoms with E-state index in [4.69, 9.17) is 4.52 Å². The molecule has 0 bridgehead atoms. The van der Waals surface area contributed by atoms with Crippen molar-refractivity contribution in [2.45, 2.75) is 57.7 Å². The van der Waals surface area contributed by atoms with E-state index >= 15 is 0 Å². The highest BCUT2D eigenvalue weighted by atomic mass is 19.1. The molecule has 3 amide bonds. The van der Waals surface area contributed by atoms with Gasteiger partial charge in [-0.3, -0.25) is 4.79 Å². The summed E-state index contributed by atoms with van der Waals surface area (Å²) in [6, 6.07) is 2.15. The molecule has 0 spiro atoms. The zero-order valence-electron chi connectivity index (χ0n) is 16.5. The topological polar surface area (TPSA) is 87.5 Å². The highest BCUT2D eigenvalue weighted by Gasteiger charge is 2.30. The summed E-state index contributed by atoms with van der Waals surface area (Å²) in [5, 5.41) is 9.49. The molecule has 1 aliphatic carbocycles. The number of carbonyl (C=O) groups is 2. The van der Waals surface area contributed by atoms with Crippen molar-refractivity contribution in [2.75, 3.05) is 6.54 Å². The Kier molecular flexibility index (Phi) is 5.96. The number of amides is 3. The predicted molar refractivity (Wildman–Crippen MR) is 103 cm³/mol. The first-order valence-electron chi connectivity index (χ1n) is 10.2. The monoisotopic (exact) mass is 418 g/mol. The van der Waals surface area contributed by atoms with Gasteiger partial charge in [-0.1, -0.05) is 11.2 Å². The van der Waals surface area contributed by atoms with Gasteiger partial charge < -0.3 is 20.1 Å². The van der Waals surface area contributed by atoms with Crippen LogP contribution >= 0.6 is 0 Å². The fourth-order valence-electron chi connectivity index (χ4n) is 4.05. The fraction of sp³-hybridized carbons (Fsp3) is 0.476. The Morgan fingerprint density at radius 1 is 1.23 bits per heavy atom. The molecule has 1 aliphatic heterocycles. The molecular formula is C21H24F2N4O3. The van der Waals surface area contributed by atoms with Crippen molar-refractivity contribution < 1.29 is 22.9 Å². The van der Waals surface area contributed by atoms with Crippen LogP contribution in [0, 0.1) is 11.6 Å². The quantitative estimate of drug-likeness (QED) is 0.782. The summed E-state index contributed by atoms with van der Waals surface area (Å²) in [5.74, 6) is -0.735. The maximum absolute atomic E-state index is 13.9. The number of nitrogens with one attached hydrogen (secondary N) is 2. The molecule has 1 unspecified atom stereocenters. The lowest BCUT2D eigenvalue weighted by Crippen LogP contribution is -2.54. The van der Waals surface area contributed by atoms with Crippen LogP contribution in [-0.2, 0) is 30.7 Å². The molecule has 1 atom stereocenters. The lowest BCUT2D eigenvalue weighted by atomic mass is 9.96. The first-order chi connectivity index (χ1) is 14.5. The molecule has 2 N–H and O–H groups in total. The SMILES string of the molecule is O=C(NCc1noc2c1CCCC2)NC1CCCN(Cc2ccc(F)cc2F)C1=O. The minimum atomic E-state index is -0.688. The lowest BCUT2D eigenvalue weighted by Gasteiger charge is -2.32. The predicted octanol–water partition coefficient (Wildman–Crippen LogP) is 2.82. The molecule has 2 aliphatic rings. The summed E-state index contributed by atoms with van der Waals surface area (Å²) in [6.07, 6.45) is 5.11. The third-order valence-electron chi connectivity index (χ3n) is 5.66. The second-order valence-corrected chi connectivity index (χ2v) is 7.76. The summed E-state index contributed by atoms with van der Waals surface area (Å²) in [6.45, 7) is 0.729. The molecular weight excluding hydrogens is 394 g/mol. The van der Waals surface area contributed by atoms with Gasteiger partial charge in [0, 0.05) is 36.7 Å². The number of aromatic nitrogens is 1. The zero-order valence-corrected chi connectivity index (χ0v) is 16.5. The molecule has 7 nitrogen and oxygen atoms in total. The molecule has 160 valence electrons. The van der Waals surface area contributed by atoms with Crippen molar-refractivity contribution in [3.63, 3.8) is 0 Å². The molecule has 0 radical (unpaired) electrons. The number of nitrogens with zero attached hydrogens (tertiary/aromatic N) is 2. The van der Waals surface area contributed by atoms with E-state index in [2.05, 4.69) is 15.8 Å². The van der Waals surface area contributed by atoms with Gasteiger partial charge in [-0.2, -0.15) is 0 Å². The first kappa shape index (κ1) is 20.3. The molecule has 0 saturated carbocycles. The minimum absolute atomic E-state index is 0.0375. The molecule has 2 heterocycles. The second kappa shape index (κ2) is 8.81. The van der Waals surface area contributed by atoms with E-state index in [1.165, 1.54) is 17.0 Å². The highest BCUT2D eigenvalue weighted by molar-refractivity contribution is 5.87. The summed E-state index contributed by atoms with van der Waals surface area (Å²) < 4.78 is 32.4. The summed E-state index contributed by atoms with van der Waals surface area (Å²) >= 11 is 0. The Bertz CT molecular complexity index is 946. The standard InChI is InChI=1S/C21H24F2N4O3/c22-14-8-7-13(16(23)10-14)12-27-9-3-5-17(20(27)28)25-21(29)24-11-18-15-4-1-2-6-19(15)30-26-18/h7-8,10,17H,1-6,9,11-12H2,(H2,24,25,29). The zero-order chi connectivity index (χ0) is 21.1. The number of hydrogen-bond donors (Lipinski definition) is 2. The van der Waals surface area contributed by atoms with Gasteiger partial charge in [0.25, 0.3) is 0 Å². The van der Waals surface area contributed by atoms with Crippen molar-refractivity contribution in [2.24, 2.45) is 0 Å². The van der Waals surface area contributed by atoms with Crippen molar-refractivity contribution in [1.82, 2.24) is 20.7 Å². The van der Waals surface area contributed by atoms with Gasteiger partial charge in [-0.05, 0) is 38.2 Å². The third kappa shape index (κ3) is 4.44. The van der Waals surface area contributed by atoms with Crippen LogP contribution in [0.1, 0.15) is 48.3 Å². The van der Waals surface area contributed by atoms with Crippen molar-refractivity contribution >= 4 is 11.9 Å². The van der Waals surface area contributed by atoms with Gasteiger partial charge in [-0.15, -0.1) is 0 Å². The largest absolute Gasteiger partial charge is 0.361 e. The molecule has 2 aromatic rings. The molecule has 30 heavy (non-hydrogen) atoms. The van der Waals surface area contributed by atoms with E-state index in [1.807, 2.05) is 0 Å². The molecule has 1 fully saturated rings. The van der Waals surface area contributed by atoms with Crippen LogP contribution in [0.2, 0.25) is 0 Å². The van der Waals surface area contributed by atoms with Crippen molar-refractivity contribution in [1.29, 1.82) is 0 Å². The van der Waals surface area contributed by atoms with E-state index in [0.29, 0.717) is 19.4 Å². The van der Waals surface area contributed by atoms with E-state index < -0.39 is 23.7 Å². The molecule has 1 saturated heterocycles. The summed E-state index contributed by atoms with van der Waals surface area (Å²) in [7, 11) is 0. The maximum Gasteiger partial charge on any atom is 0.315 e. The number of benzene rings is 1. The number of urea groups is 1. The average Bonchev–Trinajstić information content (AvgIpc) is 3.14. The van der Waals surface area contributed by atoms with Crippen molar-refractivity contribution in [3.05, 3.63) is 52.4 Å². The number of fused-ring (bicyclic) bond motifs is 1. The van der Waals surface area contributed by atoms with Crippen LogP contribution in [0.5, 0.6) is 0 Å². The van der Waals surface area contributed by atoms with Crippen LogP contribution < -0.4 is 10.6 Å². The van der Waals surface area contributed by atoms with Gasteiger partial charge in [-0.25, -0.2) is 13.6 Å². The number of aryl methyl sites for hydroxylation is 1. The fourth-order valence-corrected chi connectivity index (χ4v) is 4.05. The smallest absolute Gasteiger partial charge is 0.315 e. The third-order valence-corrected chi connectivity index (χ3v) is 5.66. The Labute approximate surface area is 172 Å². The van der Waals surface area contributed by atoms with Gasteiger partial charge in [0.1, 0.15) is 29.1 Å². The molecule has 9 heteroatoms. The number of likely N-dealkylation sites (tertiary alicyclic amines) is 1. The van der Waals surface area contributed by atoms with Crippen molar-refractivity contribution in [3.8, 4) is 0 Å².